The van der Waals surface area contributed by atoms with Crippen molar-refractivity contribution >= 4 is 18.3 Å². The number of aromatic nitrogens is 3. The molecule has 0 unspecified atom stereocenters. The Morgan fingerprint density at radius 1 is 1.26 bits per heavy atom. The van der Waals surface area contributed by atoms with Crippen molar-refractivity contribution in [2.75, 3.05) is 7.11 Å². The van der Waals surface area contributed by atoms with Gasteiger partial charge in [-0.3, -0.25) is 0 Å². The van der Waals surface area contributed by atoms with E-state index in [9.17, 15) is 0 Å². The van der Waals surface area contributed by atoms with Gasteiger partial charge in [0.05, 0.1) is 12.8 Å². The monoisotopic (exact) mass is 271 g/mol. The summed E-state index contributed by atoms with van der Waals surface area (Å²) < 4.78 is 6.95. The third-order valence-corrected chi connectivity index (χ3v) is 3.33. The molecule has 0 aliphatic rings. The summed E-state index contributed by atoms with van der Waals surface area (Å²) in [6.07, 6.45) is 3.66. The summed E-state index contributed by atoms with van der Waals surface area (Å²) in [5.41, 5.74) is 3.84. The highest BCUT2D eigenvalue weighted by Crippen LogP contribution is 2.27. The molecule has 0 amide bonds. The first-order valence-corrected chi connectivity index (χ1v) is 6.54. The van der Waals surface area contributed by atoms with Crippen LogP contribution in [0.2, 0.25) is 0 Å². The third-order valence-electron chi connectivity index (χ3n) is 3.01. The van der Waals surface area contributed by atoms with E-state index in [4.69, 9.17) is 4.74 Å². The predicted molar refractivity (Wildman–Crippen MR) is 77.7 cm³/mol. The highest BCUT2D eigenvalue weighted by molar-refractivity contribution is 7.79. The summed E-state index contributed by atoms with van der Waals surface area (Å²) in [6.45, 7) is 0. The molecule has 1 aromatic carbocycles. The first-order valence-electron chi connectivity index (χ1n) is 5.91. The summed E-state index contributed by atoms with van der Waals surface area (Å²) in [4.78, 5) is 4.36. The smallest absolute Gasteiger partial charge is 0.159 e. The van der Waals surface area contributed by atoms with Gasteiger partial charge in [-0.1, -0.05) is 0 Å². The summed E-state index contributed by atoms with van der Waals surface area (Å²) in [5, 5.41) is 4.57. The minimum absolute atomic E-state index is 0.599. The van der Waals surface area contributed by atoms with Gasteiger partial charge in [-0.2, -0.15) is 17.7 Å². The van der Waals surface area contributed by atoms with Crippen molar-refractivity contribution in [2.45, 2.75) is 5.75 Å². The van der Waals surface area contributed by atoms with Crippen LogP contribution in [-0.2, 0) is 5.75 Å². The molecule has 0 spiro atoms. The van der Waals surface area contributed by atoms with Gasteiger partial charge in [0, 0.05) is 29.3 Å². The van der Waals surface area contributed by atoms with E-state index in [0.29, 0.717) is 5.75 Å². The molecule has 5 heteroatoms. The molecule has 0 N–H and O–H groups in total. The standard InChI is InChI=1S/C14H13N3OS/c1-18-11-5-3-10(4-6-11)13-12(9-19)14-15-7-2-8-17(14)16-13/h2-8,19H,9H2,1H3. The maximum Gasteiger partial charge on any atom is 0.159 e. The second-order valence-corrected chi connectivity index (χ2v) is 4.42. The van der Waals surface area contributed by atoms with Crippen LogP contribution in [0.4, 0.5) is 0 Å². The predicted octanol–water partition coefficient (Wildman–Crippen LogP) is 2.83. The Morgan fingerprint density at radius 3 is 2.74 bits per heavy atom. The van der Waals surface area contributed by atoms with E-state index in [1.807, 2.05) is 36.5 Å². The Balaban J connectivity index is 2.17. The molecule has 0 saturated heterocycles. The molecule has 0 bridgehead atoms. The first kappa shape index (κ1) is 12.0. The van der Waals surface area contributed by atoms with Crippen LogP contribution in [0.15, 0.2) is 42.7 Å². The summed E-state index contributed by atoms with van der Waals surface area (Å²) in [7, 11) is 1.66. The number of nitrogens with zero attached hydrogens (tertiary/aromatic N) is 3. The lowest BCUT2D eigenvalue weighted by atomic mass is 10.1. The lowest BCUT2D eigenvalue weighted by Crippen LogP contribution is -1.87. The molecular formula is C14H13N3OS. The lowest BCUT2D eigenvalue weighted by molar-refractivity contribution is 0.415. The average Bonchev–Trinajstić information content (AvgIpc) is 2.85. The van der Waals surface area contributed by atoms with Crippen molar-refractivity contribution in [2.24, 2.45) is 0 Å². The molecule has 0 saturated carbocycles. The van der Waals surface area contributed by atoms with Gasteiger partial charge in [-0.05, 0) is 30.3 Å². The van der Waals surface area contributed by atoms with Crippen LogP contribution < -0.4 is 4.74 Å². The van der Waals surface area contributed by atoms with Crippen LogP contribution in [0.1, 0.15) is 5.56 Å². The molecule has 4 nitrogen and oxygen atoms in total. The minimum Gasteiger partial charge on any atom is -0.497 e. The Labute approximate surface area is 116 Å². The second-order valence-electron chi connectivity index (χ2n) is 4.10. The molecule has 0 atom stereocenters. The zero-order valence-electron chi connectivity index (χ0n) is 10.4. The topological polar surface area (TPSA) is 39.4 Å². The van der Waals surface area contributed by atoms with Crippen LogP contribution in [-0.4, -0.2) is 21.7 Å². The number of thiol groups is 1. The fourth-order valence-electron chi connectivity index (χ4n) is 2.06. The van der Waals surface area contributed by atoms with Gasteiger partial charge in [-0.15, -0.1) is 0 Å². The molecule has 3 rings (SSSR count). The van der Waals surface area contributed by atoms with Gasteiger partial charge in [0.2, 0.25) is 0 Å². The number of hydrogen-bond donors (Lipinski definition) is 1. The molecule has 0 aliphatic carbocycles. The maximum absolute atomic E-state index is 5.17. The summed E-state index contributed by atoms with van der Waals surface area (Å²) in [6, 6.07) is 9.70. The van der Waals surface area contributed by atoms with E-state index in [0.717, 1.165) is 28.2 Å². The summed E-state index contributed by atoms with van der Waals surface area (Å²) in [5.74, 6) is 1.43. The van der Waals surface area contributed by atoms with E-state index < -0.39 is 0 Å². The number of rotatable bonds is 3. The highest BCUT2D eigenvalue weighted by atomic mass is 32.1. The van der Waals surface area contributed by atoms with Gasteiger partial charge in [0.1, 0.15) is 5.75 Å². The lowest BCUT2D eigenvalue weighted by Gasteiger charge is -2.02. The van der Waals surface area contributed by atoms with E-state index in [-0.39, 0.29) is 0 Å². The average molecular weight is 271 g/mol. The summed E-state index contributed by atoms with van der Waals surface area (Å²) >= 11 is 4.39. The first-order chi connectivity index (χ1) is 9.33. The number of ether oxygens (including phenoxy) is 1. The van der Waals surface area contributed by atoms with Crippen molar-refractivity contribution in [1.29, 1.82) is 0 Å². The Kier molecular flexibility index (Phi) is 3.13. The van der Waals surface area contributed by atoms with E-state index in [1.54, 1.807) is 17.8 Å². The van der Waals surface area contributed by atoms with Crippen molar-refractivity contribution < 1.29 is 4.74 Å². The molecule has 0 radical (unpaired) electrons. The third kappa shape index (κ3) is 2.06. The Morgan fingerprint density at radius 2 is 2.05 bits per heavy atom. The van der Waals surface area contributed by atoms with Crippen molar-refractivity contribution in [3.63, 3.8) is 0 Å². The Bertz CT molecular complexity index is 706. The van der Waals surface area contributed by atoms with Crippen molar-refractivity contribution in [3.8, 4) is 17.0 Å². The fraction of sp³-hybridized carbons (Fsp3) is 0.143. The Hall–Kier alpha value is -2.01. The molecule has 0 aliphatic heterocycles. The molecule has 96 valence electrons. The zero-order valence-corrected chi connectivity index (χ0v) is 11.3. The van der Waals surface area contributed by atoms with E-state index in [2.05, 4.69) is 22.7 Å². The van der Waals surface area contributed by atoms with Gasteiger partial charge in [0.15, 0.2) is 5.65 Å². The normalized spacial score (nSPS) is 10.8. The van der Waals surface area contributed by atoms with E-state index in [1.165, 1.54) is 0 Å². The van der Waals surface area contributed by atoms with Crippen LogP contribution in [0, 0.1) is 0 Å². The van der Waals surface area contributed by atoms with Gasteiger partial charge < -0.3 is 4.74 Å². The highest BCUT2D eigenvalue weighted by Gasteiger charge is 2.13. The number of hydrogen-bond acceptors (Lipinski definition) is 4. The zero-order chi connectivity index (χ0) is 13.2. The van der Waals surface area contributed by atoms with Gasteiger partial charge in [-0.25, -0.2) is 9.50 Å². The largest absolute Gasteiger partial charge is 0.497 e. The molecule has 2 aromatic heterocycles. The van der Waals surface area contributed by atoms with E-state index >= 15 is 0 Å². The van der Waals surface area contributed by atoms with Crippen molar-refractivity contribution in [1.82, 2.24) is 14.6 Å². The molecule has 3 aromatic rings. The minimum atomic E-state index is 0.599. The van der Waals surface area contributed by atoms with Crippen LogP contribution >= 0.6 is 12.6 Å². The number of methoxy groups -OCH3 is 1. The van der Waals surface area contributed by atoms with Gasteiger partial charge in [0.25, 0.3) is 0 Å². The SMILES string of the molecule is COc1ccc(-c2nn3cccnc3c2CS)cc1. The van der Waals surface area contributed by atoms with Crippen LogP contribution in [0.25, 0.3) is 16.9 Å². The van der Waals surface area contributed by atoms with Gasteiger partial charge >= 0.3 is 0 Å². The second kappa shape index (κ2) is 4.93. The fourth-order valence-corrected chi connectivity index (χ4v) is 2.35. The van der Waals surface area contributed by atoms with Crippen molar-refractivity contribution in [3.05, 3.63) is 48.3 Å². The molecular weight excluding hydrogens is 258 g/mol. The molecule has 0 fully saturated rings. The molecule has 2 heterocycles. The maximum atomic E-state index is 5.17. The quantitative estimate of drug-likeness (QED) is 0.745. The van der Waals surface area contributed by atoms with Crippen LogP contribution in [0.3, 0.4) is 0 Å². The van der Waals surface area contributed by atoms with Crippen LogP contribution in [0.5, 0.6) is 5.75 Å². The molecule has 19 heavy (non-hydrogen) atoms. The number of benzene rings is 1. The number of fused-ring (bicyclic) bond motifs is 1.